The number of hydrogen-bond acceptors (Lipinski definition) is 8. The molecule has 0 bridgehead atoms. The number of imidazole rings is 1. The highest BCUT2D eigenvalue weighted by Crippen LogP contribution is 2.42. The highest BCUT2D eigenvalue weighted by atomic mass is 32.2. The molecule has 2 heterocycles. The van der Waals surface area contributed by atoms with Crippen molar-refractivity contribution in [2.24, 2.45) is 17.3 Å². The summed E-state index contributed by atoms with van der Waals surface area (Å²) in [7, 11) is -0.791. The minimum Gasteiger partial charge on any atom is -0.382 e. The van der Waals surface area contributed by atoms with Crippen molar-refractivity contribution < 1.29 is 21.6 Å². The molecule has 0 saturated carbocycles. The second kappa shape index (κ2) is 7.42. The van der Waals surface area contributed by atoms with Crippen molar-refractivity contribution in [1.29, 1.82) is 0 Å². The van der Waals surface area contributed by atoms with Gasteiger partial charge in [-0.1, -0.05) is 0 Å². The monoisotopic (exact) mass is 432 g/mol. The van der Waals surface area contributed by atoms with E-state index in [9.17, 15) is 21.6 Å². The Bertz CT molecular complexity index is 1040. The number of hydrogen-bond donors (Lipinski definition) is 3. The molecule has 3 rings (SSSR count). The Morgan fingerprint density at radius 1 is 1.21 bits per heavy atom. The van der Waals surface area contributed by atoms with E-state index < -0.39 is 27.2 Å². The number of halogens is 3. The summed E-state index contributed by atoms with van der Waals surface area (Å²) in [6.07, 6.45) is -3.76. The number of azo groups is 1. The second-order valence-electron chi connectivity index (χ2n) is 6.45. The van der Waals surface area contributed by atoms with Crippen LogP contribution in [0.25, 0.3) is 0 Å². The molecule has 10 nitrogen and oxygen atoms in total. The van der Waals surface area contributed by atoms with Crippen molar-refractivity contribution in [3.05, 3.63) is 17.7 Å². The zero-order valence-corrected chi connectivity index (χ0v) is 16.4. The number of alkyl halides is 3. The van der Waals surface area contributed by atoms with Gasteiger partial charge >= 0.3 is 6.30 Å². The lowest BCUT2D eigenvalue weighted by molar-refractivity contribution is -0.115. The van der Waals surface area contributed by atoms with Gasteiger partial charge in [0.05, 0.1) is 5.69 Å². The fraction of sp³-hybridized carbons (Fsp3) is 0.400. The SMILES string of the molecule is CN1CCCc2cc(N=Nc3nc(N)c(N)n3C)c(N([SH](=O)=O)C(F)(F)F)cc21. The molecule has 1 aromatic carbocycles. The van der Waals surface area contributed by atoms with E-state index in [2.05, 4.69) is 15.2 Å². The van der Waals surface area contributed by atoms with Crippen molar-refractivity contribution >= 4 is 45.5 Å². The van der Waals surface area contributed by atoms with Crippen LogP contribution in [0.2, 0.25) is 0 Å². The van der Waals surface area contributed by atoms with Crippen LogP contribution in [0.1, 0.15) is 12.0 Å². The van der Waals surface area contributed by atoms with Crippen LogP contribution in [0.3, 0.4) is 0 Å². The van der Waals surface area contributed by atoms with Gasteiger partial charge in [-0.15, -0.1) is 23.4 Å². The van der Waals surface area contributed by atoms with Gasteiger partial charge in [0.1, 0.15) is 11.5 Å². The predicted molar refractivity (Wildman–Crippen MR) is 103 cm³/mol. The Labute approximate surface area is 165 Å². The summed E-state index contributed by atoms with van der Waals surface area (Å²) in [6, 6.07) is 2.56. The van der Waals surface area contributed by atoms with Gasteiger partial charge in [-0.05, 0) is 30.5 Å². The molecule has 0 amide bonds. The predicted octanol–water partition coefficient (Wildman–Crippen LogP) is 2.23. The molecule has 29 heavy (non-hydrogen) atoms. The molecule has 0 fully saturated rings. The summed E-state index contributed by atoms with van der Waals surface area (Å²) in [6.45, 7) is 0.634. The van der Waals surface area contributed by atoms with Crippen molar-refractivity contribution in [3.63, 3.8) is 0 Å². The number of nitrogens with two attached hydrogens (primary N) is 2. The molecule has 158 valence electrons. The molecule has 1 aliphatic rings. The number of rotatable bonds is 4. The third-order valence-electron chi connectivity index (χ3n) is 4.55. The van der Waals surface area contributed by atoms with Gasteiger partial charge in [-0.3, -0.25) is 4.57 Å². The van der Waals surface area contributed by atoms with Crippen LogP contribution >= 0.6 is 0 Å². The smallest absolute Gasteiger partial charge is 0.382 e. The zero-order valence-electron chi connectivity index (χ0n) is 15.5. The van der Waals surface area contributed by atoms with E-state index >= 15 is 0 Å². The number of benzene rings is 1. The Morgan fingerprint density at radius 2 is 1.90 bits per heavy atom. The van der Waals surface area contributed by atoms with Gasteiger partial charge < -0.3 is 16.4 Å². The highest BCUT2D eigenvalue weighted by Gasteiger charge is 2.42. The molecule has 4 N–H and O–H groups in total. The lowest BCUT2D eigenvalue weighted by Crippen LogP contribution is -2.37. The maximum absolute atomic E-state index is 13.5. The van der Waals surface area contributed by atoms with Gasteiger partial charge in [0.15, 0.2) is 5.82 Å². The minimum atomic E-state index is -5.17. The molecule has 0 atom stereocenters. The lowest BCUT2D eigenvalue weighted by atomic mass is 10.0. The van der Waals surface area contributed by atoms with Crippen LogP contribution in [0, 0.1) is 0 Å². The van der Waals surface area contributed by atoms with E-state index in [1.54, 1.807) is 11.9 Å². The topological polar surface area (TPSA) is 135 Å². The van der Waals surface area contributed by atoms with E-state index in [1.165, 1.54) is 17.7 Å². The van der Waals surface area contributed by atoms with Crippen LogP contribution in [0.15, 0.2) is 22.4 Å². The first-order valence-electron chi connectivity index (χ1n) is 8.39. The summed E-state index contributed by atoms with van der Waals surface area (Å²) in [4.78, 5) is 5.63. The number of nitrogen functional groups attached to an aromatic ring is 2. The van der Waals surface area contributed by atoms with E-state index in [1.807, 2.05) is 0 Å². The summed E-state index contributed by atoms with van der Waals surface area (Å²) in [5.74, 6) is 0.0740. The quantitative estimate of drug-likeness (QED) is 0.385. The average molecular weight is 432 g/mol. The van der Waals surface area contributed by atoms with E-state index in [-0.39, 0.29) is 23.3 Å². The van der Waals surface area contributed by atoms with Crippen molar-refractivity contribution in [1.82, 2.24) is 9.55 Å². The second-order valence-corrected chi connectivity index (χ2v) is 7.33. The van der Waals surface area contributed by atoms with Crippen molar-refractivity contribution in [3.8, 4) is 0 Å². The van der Waals surface area contributed by atoms with Crippen LogP contribution < -0.4 is 20.7 Å². The molecule has 0 radical (unpaired) electrons. The molecule has 0 unspecified atom stereocenters. The molecule has 0 spiro atoms. The van der Waals surface area contributed by atoms with Crippen LogP contribution in [0.5, 0.6) is 0 Å². The maximum Gasteiger partial charge on any atom is 0.498 e. The van der Waals surface area contributed by atoms with E-state index in [0.29, 0.717) is 18.7 Å². The normalized spacial score (nSPS) is 14.6. The largest absolute Gasteiger partial charge is 0.498 e. The van der Waals surface area contributed by atoms with Crippen LogP contribution in [0.4, 0.5) is 47.8 Å². The number of thiol groups is 1. The molecular weight excluding hydrogens is 413 g/mol. The van der Waals surface area contributed by atoms with Gasteiger partial charge in [-0.2, -0.15) is 9.29 Å². The third-order valence-corrected chi connectivity index (χ3v) is 5.32. The molecule has 1 aromatic heterocycles. The van der Waals surface area contributed by atoms with Crippen molar-refractivity contribution in [2.45, 2.75) is 19.1 Å². The van der Waals surface area contributed by atoms with Gasteiger partial charge in [0.25, 0.3) is 5.95 Å². The summed E-state index contributed by atoms with van der Waals surface area (Å²) in [5.41, 5.74) is 11.6. The van der Waals surface area contributed by atoms with Gasteiger partial charge in [-0.25, -0.2) is 8.42 Å². The summed E-state index contributed by atoms with van der Waals surface area (Å²) >= 11 is 0. The minimum absolute atomic E-state index is 0.00621. The lowest BCUT2D eigenvalue weighted by Gasteiger charge is -2.30. The first-order valence-corrected chi connectivity index (χ1v) is 9.52. The third kappa shape index (κ3) is 3.92. The number of nitrogens with zero attached hydrogens (tertiary/aromatic N) is 6. The Morgan fingerprint density at radius 3 is 2.45 bits per heavy atom. The van der Waals surface area contributed by atoms with E-state index in [0.717, 1.165) is 18.1 Å². The van der Waals surface area contributed by atoms with Gasteiger partial charge in [0.2, 0.25) is 10.9 Å². The highest BCUT2D eigenvalue weighted by molar-refractivity contribution is 7.74. The molecule has 2 aromatic rings. The Hall–Kier alpha value is -3.03. The average Bonchev–Trinajstić information content (AvgIpc) is 2.86. The number of aryl methyl sites for hydroxylation is 1. The first-order chi connectivity index (χ1) is 13.5. The molecule has 0 saturated heterocycles. The van der Waals surface area contributed by atoms with Crippen LogP contribution in [-0.4, -0.2) is 37.9 Å². The number of fused-ring (bicyclic) bond motifs is 1. The summed E-state index contributed by atoms with van der Waals surface area (Å²) in [5, 5.41) is 7.67. The van der Waals surface area contributed by atoms with Gasteiger partial charge in [0, 0.05) is 26.3 Å². The molecule has 0 aliphatic carbocycles. The maximum atomic E-state index is 13.5. The summed E-state index contributed by atoms with van der Waals surface area (Å²) < 4.78 is 63.9. The molecular formula is C15H19F3N8O2S. The molecule has 1 aliphatic heterocycles. The number of anilines is 4. The Balaban J connectivity index is 2.18. The fourth-order valence-electron chi connectivity index (χ4n) is 3.07. The van der Waals surface area contributed by atoms with E-state index in [4.69, 9.17) is 11.5 Å². The fourth-order valence-corrected chi connectivity index (χ4v) is 3.59. The Kier molecular flexibility index (Phi) is 5.30. The van der Waals surface area contributed by atoms with Crippen molar-refractivity contribution in [2.75, 3.05) is 34.3 Å². The standard InChI is InChI=1S/C15H19F3N8O2S/c1-24-5-3-4-8-6-9(22-23-14-21-12(19)13(20)25(14)2)11(7-10(8)24)26(29(27)28)15(16,17)18/h6-7,29H,3-5,19-20H2,1-2H3. The first kappa shape index (κ1) is 20.7. The van der Waals surface area contributed by atoms with Crippen LogP contribution in [-0.2, 0) is 24.4 Å². The zero-order chi connectivity index (χ0) is 21.5. The number of aromatic nitrogens is 2. The molecule has 14 heteroatoms.